The highest BCUT2D eigenvalue weighted by Crippen LogP contribution is 2.39. The lowest BCUT2D eigenvalue weighted by atomic mass is 10.1. The van der Waals surface area contributed by atoms with Gasteiger partial charge in [0.25, 0.3) is 0 Å². The monoisotopic (exact) mass is 320 g/mol. The van der Waals surface area contributed by atoms with Crippen molar-refractivity contribution < 1.29 is 8.42 Å². The molecule has 0 spiro atoms. The van der Waals surface area contributed by atoms with E-state index in [0.717, 1.165) is 36.1 Å². The second kappa shape index (κ2) is 4.94. The fraction of sp³-hybridized carbons (Fsp3) is 0.600. The normalized spacial score (nSPS) is 29.8. The van der Waals surface area contributed by atoms with Crippen molar-refractivity contribution in [2.75, 3.05) is 5.32 Å². The molecule has 2 N–H and O–H groups in total. The average Bonchev–Trinajstić information content (AvgIpc) is 2.94. The summed E-state index contributed by atoms with van der Waals surface area (Å²) in [4.78, 5) is 11.8. The summed E-state index contributed by atoms with van der Waals surface area (Å²) in [6.45, 7) is 2.10. The molecule has 118 valence electrons. The molecule has 22 heavy (non-hydrogen) atoms. The molecule has 2 saturated heterocycles. The van der Waals surface area contributed by atoms with Crippen molar-refractivity contribution in [2.24, 2.45) is 0 Å². The van der Waals surface area contributed by atoms with E-state index in [1.807, 2.05) is 6.20 Å². The van der Waals surface area contributed by atoms with Crippen LogP contribution in [-0.2, 0) is 16.3 Å². The maximum Gasteiger partial charge on any atom is 0.156 e. The van der Waals surface area contributed by atoms with E-state index in [1.165, 1.54) is 5.56 Å². The Hall–Kier alpha value is -1.63. The number of aromatic nitrogens is 3. The predicted octanol–water partition coefficient (Wildman–Crippen LogP) is 2.04. The van der Waals surface area contributed by atoms with Gasteiger partial charge in [-0.2, -0.15) is 0 Å². The van der Waals surface area contributed by atoms with Gasteiger partial charge in [0.05, 0.1) is 15.9 Å². The van der Waals surface area contributed by atoms with Gasteiger partial charge in [-0.1, -0.05) is 6.92 Å². The van der Waals surface area contributed by atoms with Gasteiger partial charge in [0, 0.05) is 12.2 Å². The number of aromatic amines is 1. The molecular weight excluding hydrogens is 300 g/mol. The molecule has 4 heterocycles. The molecule has 2 aromatic rings. The number of fused-ring (bicyclic) bond motifs is 3. The average molecular weight is 320 g/mol. The Morgan fingerprint density at radius 3 is 2.68 bits per heavy atom. The van der Waals surface area contributed by atoms with Gasteiger partial charge in [0.2, 0.25) is 0 Å². The zero-order chi connectivity index (χ0) is 15.3. The van der Waals surface area contributed by atoms with Crippen molar-refractivity contribution in [2.45, 2.75) is 55.6 Å². The molecule has 0 radical (unpaired) electrons. The van der Waals surface area contributed by atoms with Crippen LogP contribution in [0, 0.1) is 0 Å². The second-order valence-electron chi connectivity index (χ2n) is 6.34. The first-order chi connectivity index (χ1) is 10.6. The SMILES string of the molecule is CCc1c[nH]c2ncnc(NC3CC4CCC(C3)S4(=O)=O)c12. The van der Waals surface area contributed by atoms with Gasteiger partial charge in [-0.05, 0) is 37.7 Å². The van der Waals surface area contributed by atoms with Crippen LogP contribution in [0.3, 0.4) is 0 Å². The van der Waals surface area contributed by atoms with E-state index < -0.39 is 9.84 Å². The summed E-state index contributed by atoms with van der Waals surface area (Å²) in [5.41, 5.74) is 2.02. The van der Waals surface area contributed by atoms with Crippen LogP contribution in [0.1, 0.15) is 38.2 Å². The number of hydrogen-bond acceptors (Lipinski definition) is 5. The van der Waals surface area contributed by atoms with Gasteiger partial charge in [-0.3, -0.25) is 0 Å². The van der Waals surface area contributed by atoms with Gasteiger partial charge in [-0.15, -0.1) is 0 Å². The number of nitrogens with zero attached hydrogens (tertiary/aromatic N) is 2. The van der Waals surface area contributed by atoms with Crippen molar-refractivity contribution in [1.29, 1.82) is 0 Å². The van der Waals surface area contributed by atoms with E-state index in [9.17, 15) is 8.42 Å². The van der Waals surface area contributed by atoms with E-state index in [-0.39, 0.29) is 16.5 Å². The lowest BCUT2D eigenvalue weighted by molar-refractivity contribution is 0.521. The highest BCUT2D eigenvalue weighted by molar-refractivity contribution is 7.93. The molecule has 7 heteroatoms. The van der Waals surface area contributed by atoms with Crippen LogP contribution in [0.15, 0.2) is 12.5 Å². The standard InChI is InChI=1S/C15H20N4O2S/c1-2-9-7-16-14-13(9)15(18-8-17-14)19-10-5-11-3-4-12(6-10)22(11,20)21/h7-8,10-12H,2-6H2,1H3,(H2,16,17,18,19). The molecule has 2 bridgehead atoms. The fourth-order valence-corrected chi connectivity index (χ4v) is 6.41. The third kappa shape index (κ3) is 2.02. The lowest BCUT2D eigenvalue weighted by Gasteiger charge is -2.29. The molecule has 0 amide bonds. The zero-order valence-corrected chi connectivity index (χ0v) is 13.4. The smallest absolute Gasteiger partial charge is 0.156 e. The molecule has 2 aliphatic heterocycles. The first-order valence-electron chi connectivity index (χ1n) is 7.89. The third-order valence-corrected chi connectivity index (χ3v) is 7.82. The minimum atomic E-state index is -2.88. The number of sulfone groups is 1. The van der Waals surface area contributed by atoms with Crippen LogP contribution < -0.4 is 5.32 Å². The summed E-state index contributed by atoms with van der Waals surface area (Å²) in [7, 11) is -2.88. The minimum absolute atomic E-state index is 0.169. The number of nitrogens with one attached hydrogen (secondary N) is 2. The highest BCUT2D eigenvalue weighted by atomic mass is 32.2. The summed E-state index contributed by atoms with van der Waals surface area (Å²) in [6, 6.07) is 0.179. The predicted molar refractivity (Wildman–Crippen MR) is 85.6 cm³/mol. The fourth-order valence-electron chi connectivity index (χ4n) is 3.93. The van der Waals surface area contributed by atoms with E-state index in [0.29, 0.717) is 12.8 Å². The Morgan fingerprint density at radius 2 is 2.00 bits per heavy atom. The van der Waals surface area contributed by atoms with E-state index >= 15 is 0 Å². The largest absolute Gasteiger partial charge is 0.367 e. The van der Waals surface area contributed by atoms with Crippen LogP contribution in [0.5, 0.6) is 0 Å². The van der Waals surface area contributed by atoms with Crippen molar-refractivity contribution in [3.05, 3.63) is 18.1 Å². The molecule has 0 aliphatic carbocycles. The lowest BCUT2D eigenvalue weighted by Crippen LogP contribution is -2.39. The minimum Gasteiger partial charge on any atom is -0.367 e. The van der Waals surface area contributed by atoms with Gasteiger partial charge < -0.3 is 10.3 Å². The molecule has 0 saturated carbocycles. The molecular formula is C15H20N4O2S. The van der Waals surface area contributed by atoms with E-state index in [4.69, 9.17) is 0 Å². The van der Waals surface area contributed by atoms with Crippen molar-refractivity contribution in [3.8, 4) is 0 Å². The molecule has 2 unspecified atom stereocenters. The quantitative estimate of drug-likeness (QED) is 0.903. The van der Waals surface area contributed by atoms with Crippen molar-refractivity contribution in [1.82, 2.24) is 15.0 Å². The molecule has 2 atom stereocenters. The Labute approximate surface area is 129 Å². The van der Waals surface area contributed by atoms with Crippen LogP contribution >= 0.6 is 0 Å². The van der Waals surface area contributed by atoms with E-state index in [1.54, 1.807) is 6.33 Å². The first-order valence-corrected chi connectivity index (χ1v) is 9.50. The maximum atomic E-state index is 12.2. The third-order valence-electron chi connectivity index (χ3n) is 5.11. The van der Waals surface area contributed by atoms with Crippen molar-refractivity contribution >= 4 is 26.7 Å². The number of hydrogen-bond donors (Lipinski definition) is 2. The molecule has 2 aliphatic rings. The summed E-state index contributed by atoms with van der Waals surface area (Å²) >= 11 is 0. The number of H-pyrrole nitrogens is 1. The number of aryl methyl sites for hydroxylation is 1. The van der Waals surface area contributed by atoms with Crippen molar-refractivity contribution in [3.63, 3.8) is 0 Å². The van der Waals surface area contributed by atoms with Crippen LogP contribution in [0.4, 0.5) is 5.82 Å². The summed E-state index contributed by atoms with van der Waals surface area (Å²) < 4.78 is 24.4. The van der Waals surface area contributed by atoms with Gasteiger partial charge in [0.15, 0.2) is 9.84 Å². The number of rotatable bonds is 3. The summed E-state index contributed by atoms with van der Waals surface area (Å²) in [6.07, 6.45) is 7.44. The first kappa shape index (κ1) is 14.0. The van der Waals surface area contributed by atoms with Crippen LogP contribution in [0.2, 0.25) is 0 Å². The molecule has 4 rings (SSSR count). The van der Waals surface area contributed by atoms with Gasteiger partial charge >= 0.3 is 0 Å². The van der Waals surface area contributed by atoms with Gasteiger partial charge in [-0.25, -0.2) is 18.4 Å². The van der Waals surface area contributed by atoms with Crippen LogP contribution in [-0.4, -0.2) is 39.9 Å². The Morgan fingerprint density at radius 1 is 1.27 bits per heavy atom. The van der Waals surface area contributed by atoms with E-state index in [2.05, 4.69) is 27.2 Å². The topological polar surface area (TPSA) is 87.7 Å². The maximum absolute atomic E-state index is 12.2. The summed E-state index contributed by atoms with van der Waals surface area (Å²) in [5.74, 6) is 0.826. The van der Waals surface area contributed by atoms with Crippen LogP contribution in [0.25, 0.3) is 11.0 Å². The molecule has 6 nitrogen and oxygen atoms in total. The zero-order valence-electron chi connectivity index (χ0n) is 12.5. The Balaban J connectivity index is 1.64. The second-order valence-corrected chi connectivity index (χ2v) is 8.85. The molecule has 2 aromatic heterocycles. The van der Waals surface area contributed by atoms with Gasteiger partial charge in [0.1, 0.15) is 17.8 Å². The Bertz CT molecular complexity index is 794. The number of anilines is 1. The molecule has 2 fully saturated rings. The molecule has 0 aromatic carbocycles. The Kier molecular flexibility index (Phi) is 3.14. The summed E-state index contributed by atoms with van der Waals surface area (Å²) in [5, 5.41) is 4.18. The highest BCUT2D eigenvalue weighted by Gasteiger charge is 2.46.